The van der Waals surface area contributed by atoms with Gasteiger partial charge in [-0.25, -0.2) is 0 Å². The van der Waals surface area contributed by atoms with Crippen molar-refractivity contribution in [2.24, 2.45) is 0 Å². The third-order valence-electron chi connectivity index (χ3n) is 6.95. The molecule has 1 radical (unpaired) electrons. The van der Waals surface area contributed by atoms with Crippen LogP contribution in [-0.2, 0) is 32.4 Å². The Kier molecular flexibility index (Phi) is 11.1. The van der Waals surface area contributed by atoms with Crippen LogP contribution in [0.2, 0.25) is 0 Å². The van der Waals surface area contributed by atoms with Crippen LogP contribution in [0.3, 0.4) is 0 Å². The fourth-order valence-corrected chi connectivity index (χ4v) is 7.62. The third-order valence-corrected chi connectivity index (χ3v) is 9.73. The first kappa shape index (κ1) is 33.1. The monoisotopic (exact) mass is 788 g/mol. The van der Waals surface area contributed by atoms with Gasteiger partial charge in [0, 0.05) is 38.2 Å². The molecule has 6 aromatic rings. The smallest absolute Gasteiger partial charge is 0.431 e. The first-order valence-corrected chi connectivity index (χ1v) is 15.5. The number of halogens is 3. The van der Waals surface area contributed by atoms with E-state index in [0.29, 0.717) is 11.9 Å². The van der Waals surface area contributed by atoms with Crippen molar-refractivity contribution in [1.29, 1.82) is 0 Å². The Bertz CT molecular complexity index is 1710. The third kappa shape index (κ3) is 8.00. The van der Waals surface area contributed by atoms with E-state index in [2.05, 4.69) is 58.7 Å². The van der Waals surface area contributed by atoms with Gasteiger partial charge in [0.25, 0.3) is 0 Å². The molecule has 9 heteroatoms. The first-order chi connectivity index (χ1) is 20.7. The Morgan fingerprint density at radius 2 is 1.41 bits per heavy atom. The molecule has 0 atom stereocenters. The van der Waals surface area contributed by atoms with Crippen LogP contribution in [0.25, 0.3) is 17.1 Å². The Morgan fingerprint density at radius 3 is 1.93 bits per heavy atom. The summed E-state index contributed by atoms with van der Waals surface area (Å²) in [5.74, 6) is 0.931. The molecule has 0 spiro atoms. The van der Waals surface area contributed by atoms with Crippen molar-refractivity contribution in [1.82, 2.24) is 19.7 Å². The number of imidazole rings is 1. The van der Waals surface area contributed by atoms with Crippen LogP contribution in [0.4, 0.5) is 13.2 Å². The second kappa shape index (κ2) is 14.8. The molecule has 0 aliphatic heterocycles. The van der Waals surface area contributed by atoms with Crippen LogP contribution in [-0.4, -0.2) is 14.6 Å². The minimum atomic E-state index is -4.45. The summed E-state index contributed by atoms with van der Waals surface area (Å²) in [5.41, 5.74) is 5.50. The summed E-state index contributed by atoms with van der Waals surface area (Å²) in [4.78, 5) is 4.50. The van der Waals surface area contributed by atoms with Crippen LogP contribution in [0.1, 0.15) is 28.1 Å². The van der Waals surface area contributed by atoms with Crippen LogP contribution in [0, 0.1) is 26.8 Å². The number of aromatic nitrogens is 4. The van der Waals surface area contributed by atoms with Crippen molar-refractivity contribution >= 4 is 18.5 Å². The second-order valence-corrected chi connectivity index (χ2v) is 12.7. The number of benzene rings is 4. The van der Waals surface area contributed by atoms with Gasteiger partial charge in [-0.1, -0.05) is 54.1 Å². The molecule has 44 heavy (non-hydrogen) atoms. The number of alkyl halides is 3. The SMILES string of the molecule is Cc1cc(C)c(-n2ccnc2-c2[c-]cccc2)c(C)c1.FC(F)(F)c1cc(C[PH+](c2ccccc2)c2ccccc2)[n-]n1.[Ir]. The van der Waals surface area contributed by atoms with Gasteiger partial charge in [0.2, 0.25) is 0 Å². The van der Waals surface area contributed by atoms with Gasteiger partial charge in [0.1, 0.15) is 5.69 Å². The number of hydrogen-bond acceptors (Lipinski definition) is 2. The van der Waals surface area contributed by atoms with E-state index in [4.69, 9.17) is 0 Å². The van der Waals surface area contributed by atoms with Crippen molar-refractivity contribution in [3.63, 3.8) is 0 Å². The second-order valence-electron chi connectivity index (χ2n) is 10.3. The van der Waals surface area contributed by atoms with Crippen molar-refractivity contribution < 1.29 is 33.3 Å². The standard InChI is InChI=1S/C18H17N2.C17H13F3N2P.Ir/c1-13-11-14(2)17(15(3)12-13)20-10-9-19-18(20)16-7-5-4-6-8-16;18-17(19,20)16-11-13(21-22-16)12-23(14-7-3-1-4-8-14)15-9-5-2-6-10-15;/h4-7,9-12H,1-3H3;1-11H,12H2;/q2*-1;/p+1. The number of rotatable bonds is 6. The van der Waals surface area contributed by atoms with Crippen molar-refractivity contribution in [3.8, 4) is 17.1 Å². The predicted molar refractivity (Wildman–Crippen MR) is 169 cm³/mol. The summed E-state index contributed by atoms with van der Waals surface area (Å²) in [6, 6.07) is 36.4. The molecule has 4 aromatic carbocycles. The molecule has 2 aromatic heterocycles. The van der Waals surface area contributed by atoms with Gasteiger partial charge >= 0.3 is 6.18 Å². The van der Waals surface area contributed by atoms with Crippen molar-refractivity contribution in [2.45, 2.75) is 33.1 Å². The molecule has 6 rings (SSSR count). The van der Waals surface area contributed by atoms with E-state index in [1.54, 1.807) is 0 Å². The summed E-state index contributed by atoms with van der Waals surface area (Å²) >= 11 is 0. The molecule has 0 bridgehead atoms. The first-order valence-electron chi connectivity index (χ1n) is 13.8. The Hall–Kier alpha value is -3.83. The summed E-state index contributed by atoms with van der Waals surface area (Å²) in [5, 5.41) is 9.28. The largest absolute Gasteiger partial charge is 0.576 e. The van der Waals surface area contributed by atoms with Gasteiger partial charge in [-0.05, 0) is 62.2 Å². The minimum Gasteiger partial charge on any atom is -0.576 e. The molecular weight excluding hydrogens is 757 g/mol. The molecule has 0 N–H and O–H groups in total. The van der Waals surface area contributed by atoms with E-state index < -0.39 is 19.8 Å². The summed E-state index contributed by atoms with van der Waals surface area (Å²) in [7, 11) is -1.25. The zero-order chi connectivity index (χ0) is 30.4. The van der Waals surface area contributed by atoms with E-state index in [-0.39, 0.29) is 20.1 Å². The fraction of sp³-hybridized carbons (Fsp3) is 0.143. The van der Waals surface area contributed by atoms with Gasteiger partial charge in [0.15, 0.2) is 0 Å². The molecule has 0 saturated heterocycles. The number of hydrogen-bond donors (Lipinski definition) is 0. The summed E-state index contributed by atoms with van der Waals surface area (Å²) in [6.07, 6.45) is -0.116. The minimum absolute atomic E-state index is 0. The van der Waals surface area contributed by atoms with Gasteiger partial charge in [0.05, 0.1) is 30.5 Å². The van der Waals surface area contributed by atoms with Gasteiger partial charge in [-0.3, -0.25) is 4.98 Å². The van der Waals surface area contributed by atoms with Gasteiger partial charge < -0.3 is 14.8 Å². The topological polar surface area (TPSA) is 44.8 Å². The maximum Gasteiger partial charge on any atom is 0.431 e. The molecule has 0 fully saturated rings. The van der Waals surface area contributed by atoms with Crippen molar-refractivity contribution in [3.05, 3.63) is 150 Å². The van der Waals surface area contributed by atoms with Crippen molar-refractivity contribution in [2.75, 3.05) is 0 Å². The maximum absolute atomic E-state index is 12.7. The van der Waals surface area contributed by atoms with Gasteiger partial charge in [-0.2, -0.15) is 13.2 Å². The summed E-state index contributed by atoms with van der Waals surface area (Å²) < 4.78 is 40.2. The molecule has 4 nitrogen and oxygen atoms in total. The Balaban J connectivity index is 0.000000198. The predicted octanol–water partition coefficient (Wildman–Crippen LogP) is 7.69. The Morgan fingerprint density at radius 1 is 0.818 bits per heavy atom. The fourth-order valence-electron chi connectivity index (χ4n) is 5.16. The molecule has 0 unspecified atom stereocenters. The molecule has 0 aliphatic carbocycles. The zero-order valence-electron chi connectivity index (χ0n) is 24.4. The van der Waals surface area contributed by atoms with Gasteiger partial charge in [-0.15, -0.1) is 41.6 Å². The molecule has 0 amide bonds. The molecule has 2 heterocycles. The zero-order valence-corrected chi connectivity index (χ0v) is 27.8. The molecule has 0 aliphatic rings. The maximum atomic E-state index is 12.7. The number of nitrogens with zero attached hydrogens (tertiary/aromatic N) is 4. The normalized spacial score (nSPS) is 11.1. The summed E-state index contributed by atoms with van der Waals surface area (Å²) in [6.45, 7) is 6.42. The van der Waals surface area contributed by atoms with Crippen LogP contribution >= 0.6 is 7.92 Å². The molecule has 227 valence electrons. The average molecular weight is 788 g/mol. The number of aryl methyl sites for hydroxylation is 3. The average Bonchev–Trinajstić information content (AvgIpc) is 3.68. The van der Waals surface area contributed by atoms with Crippen LogP contribution in [0.15, 0.2) is 116 Å². The molecular formula is C35H31F3IrN4P-. The van der Waals surface area contributed by atoms with E-state index in [0.717, 1.165) is 28.1 Å². The van der Waals surface area contributed by atoms with E-state index in [9.17, 15) is 13.2 Å². The van der Waals surface area contributed by atoms with E-state index in [1.165, 1.54) is 22.4 Å². The quantitative estimate of drug-likeness (QED) is 0.129. The van der Waals surface area contributed by atoms with Crippen LogP contribution < -0.4 is 15.7 Å². The van der Waals surface area contributed by atoms with E-state index >= 15 is 0 Å². The Labute approximate surface area is 270 Å². The van der Waals surface area contributed by atoms with E-state index in [1.807, 2.05) is 97.3 Å². The molecule has 0 saturated carbocycles. The van der Waals surface area contributed by atoms with Crippen LogP contribution in [0.5, 0.6) is 0 Å².